The summed E-state index contributed by atoms with van der Waals surface area (Å²) in [4.78, 5) is 40.1. The molecule has 0 aromatic heterocycles. The summed E-state index contributed by atoms with van der Waals surface area (Å²) < 4.78 is 0. The number of nitrogens with zero attached hydrogens (tertiary/aromatic N) is 2. The smallest absolute Gasteiger partial charge is 0.226 e. The Morgan fingerprint density at radius 3 is 2.00 bits per heavy atom. The van der Waals surface area contributed by atoms with Crippen molar-refractivity contribution in [2.45, 2.75) is 63.5 Å². The molecule has 2 N–H and O–H groups in total. The first-order chi connectivity index (χ1) is 11.5. The fraction of sp³-hybridized carbons (Fsp3) is 0.833. The molecule has 2 bridgehead atoms. The molecule has 0 unspecified atom stereocenters. The van der Waals surface area contributed by atoms with Gasteiger partial charge in [0.15, 0.2) is 0 Å². The first-order valence-corrected chi connectivity index (χ1v) is 9.43. The minimum Gasteiger partial charge on any atom is -0.370 e. The molecule has 0 aromatic carbocycles. The Bertz CT molecular complexity index is 544. The average molecular weight is 333 g/mol. The summed E-state index contributed by atoms with van der Waals surface area (Å²) in [6, 6.07) is 0.390. The van der Waals surface area contributed by atoms with Crippen molar-refractivity contribution in [3.8, 4) is 0 Å². The minimum absolute atomic E-state index is 0.108. The molecule has 0 aromatic rings. The van der Waals surface area contributed by atoms with E-state index in [9.17, 15) is 14.4 Å². The molecule has 2 aliphatic heterocycles. The van der Waals surface area contributed by atoms with Crippen LogP contribution in [0, 0.1) is 17.8 Å². The highest BCUT2D eigenvalue weighted by atomic mass is 16.2. The number of likely N-dealkylation sites (tertiary alicyclic amines) is 2. The van der Waals surface area contributed by atoms with Crippen molar-refractivity contribution in [1.29, 1.82) is 0 Å². The van der Waals surface area contributed by atoms with E-state index < -0.39 is 0 Å². The van der Waals surface area contributed by atoms with Gasteiger partial charge in [0.2, 0.25) is 17.7 Å². The van der Waals surface area contributed by atoms with Gasteiger partial charge >= 0.3 is 0 Å². The van der Waals surface area contributed by atoms with Crippen LogP contribution < -0.4 is 5.73 Å². The molecule has 2 saturated carbocycles. The largest absolute Gasteiger partial charge is 0.370 e. The molecule has 2 heterocycles. The third-order valence-corrected chi connectivity index (χ3v) is 6.20. The van der Waals surface area contributed by atoms with E-state index in [4.69, 9.17) is 5.73 Å². The number of hydrogen-bond acceptors (Lipinski definition) is 3. The van der Waals surface area contributed by atoms with E-state index in [0.717, 1.165) is 6.42 Å². The summed E-state index contributed by atoms with van der Waals surface area (Å²) in [6.45, 7) is 1.38. The first-order valence-electron chi connectivity index (χ1n) is 9.43. The Morgan fingerprint density at radius 2 is 1.50 bits per heavy atom. The van der Waals surface area contributed by atoms with Gasteiger partial charge in [-0.25, -0.2) is 0 Å². The molecule has 6 nitrogen and oxygen atoms in total. The number of carbonyl (C=O) groups excluding carboxylic acids is 3. The molecule has 4 fully saturated rings. The van der Waals surface area contributed by atoms with E-state index in [1.54, 1.807) is 0 Å². The maximum absolute atomic E-state index is 13.0. The lowest BCUT2D eigenvalue weighted by Crippen LogP contribution is -2.52. The van der Waals surface area contributed by atoms with Gasteiger partial charge in [0.1, 0.15) is 0 Å². The van der Waals surface area contributed by atoms with Gasteiger partial charge in [-0.15, -0.1) is 0 Å². The molecule has 2 aliphatic carbocycles. The zero-order chi connectivity index (χ0) is 16.8. The highest BCUT2D eigenvalue weighted by Crippen LogP contribution is 2.50. The summed E-state index contributed by atoms with van der Waals surface area (Å²) in [7, 11) is 0. The SMILES string of the molecule is NC(=O)CCCC(=O)N1C[C@@H]2C[C@H]1CN2C(=O)C(C1CC1)C1CC1. The highest BCUT2D eigenvalue weighted by Gasteiger charge is 2.52. The van der Waals surface area contributed by atoms with Gasteiger partial charge in [-0.05, 0) is 50.4 Å². The maximum Gasteiger partial charge on any atom is 0.226 e. The quantitative estimate of drug-likeness (QED) is 0.751. The zero-order valence-electron chi connectivity index (χ0n) is 14.2. The Kier molecular flexibility index (Phi) is 4.01. The summed E-state index contributed by atoms with van der Waals surface area (Å²) in [6.07, 6.45) is 6.98. The molecule has 6 heteroatoms. The van der Waals surface area contributed by atoms with Crippen LogP contribution >= 0.6 is 0 Å². The van der Waals surface area contributed by atoms with Crippen LogP contribution in [-0.4, -0.2) is 52.7 Å². The number of amides is 3. The van der Waals surface area contributed by atoms with E-state index >= 15 is 0 Å². The third-order valence-electron chi connectivity index (χ3n) is 6.20. The van der Waals surface area contributed by atoms with Gasteiger partial charge in [0.25, 0.3) is 0 Å². The molecular formula is C18H27N3O3. The Balaban J connectivity index is 1.31. The average Bonchev–Trinajstić information content (AvgIpc) is 3.47. The number of fused-ring (bicyclic) bond motifs is 2. The van der Waals surface area contributed by atoms with Gasteiger partial charge in [-0.3, -0.25) is 14.4 Å². The third kappa shape index (κ3) is 3.03. The monoisotopic (exact) mass is 333 g/mol. The van der Waals surface area contributed by atoms with Crippen molar-refractivity contribution >= 4 is 17.7 Å². The molecular weight excluding hydrogens is 306 g/mol. The molecule has 24 heavy (non-hydrogen) atoms. The maximum atomic E-state index is 13.0. The van der Waals surface area contributed by atoms with Crippen molar-refractivity contribution in [2.75, 3.05) is 13.1 Å². The van der Waals surface area contributed by atoms with Crippen LogP contribution in [0.3, 0.4) is 0 Å². The summed E-state index contributed by atoms with van der Waals surface area (Å²) in [5, 5.41) is 0. The van der Waals surface area contributed by atoms with Crippen molar-refractivity contribution in [3.63, 3.8) is 0 Å². The van der Waals surface area contributed by atoms with Crippen LogP contribution in [0.4, 0.5) is 0 Å². The zero-order valence-corrected chi connectivity index (χ0v) is 14.2. The Hall–Kier alpha value is -1.59. The van der Waals surface area contributed by atoms with Crippen LogP contribution in [0.1, 0.15) is 51.4 Å². The number of hydrogen-bond donors (Lipinski definition) is 1. The number of rotatable bonds is 7. The first kappa shape index (κ1) is 15.9. The van der Waals surface area contributed by atoms with Crippen molar-refractivity contribution in [1.82, 2.24) is 9.80 Å². The van der Waals surface area contributed by atoms with Gasteiger partial charge in [-0.1, -0.05) is 0 Å². The van der Waals surface area contributed by atoms with Crippen LogP contribution in [0.2, 0.25) is 0 Å². The summed E-state index contributed by atoms with van der Waals surface area (Å²) >= 11 is 0. The van der Waals surface area contributed by atoms with E-state index in [0.29, 0.717) is 43.7 Å². The number of piperazine rings is 1. The molecule has 4 rings (SSSR count). The predicted octanol–water partition coefficient (Wildman–Crippen LogP) is 0.890. The topological polar surface area (TPSA) is 83.7 Å². The number of nitrogens with two attached hydrogens (primary N) is 1. The van der Waals surface area contributed by atoms with Gasteiger partial charge in [0, 0.05) is 31.8 Å². The van der Waals surface area contributed by atoms with Crippen molar-refractivity contribution < 1.29 is 14.4 Å². The van der Waals surface area contributed by atoms with Gasteiger partial charge in [0.05, 0.1) is 12.1 Å². The standard InChI is InChI=1S/C18H27N3O3/c19-15(22)2-1-3-16(23)20-9-14-8-13(20)10-21(14)18(24)17(11-4-5-11)12-6-7-12/h11-14,17H,1-10H2,(H2,19,22)/t13-,14-/m0/s1. The number of primary amides is 1. The lowest BCUT2D eigenvalue weighted by atomic mass is 9.95. The fourth-order valence-electron chi connectivity index (χ4n) is 4.69. The molecule has 0 radical (unpaired) electrons. The van der Waals surface area contributed by atoms with Crippen molar-refractivity contribution in [2.24, 2.45) is 23.5 Å². The molecule has 4 aliphatic rings. The minimum atomic E-state index is -0.353. The van der Waals surface area contributed by atoms with Crippen LogP contribution in [0.15, 0.2) is 0 Å². The second-order valence-corrected chi connectivity index (χ2v) is 8.10. The normalized spacial score (nSPS) is 28.7. The molecule has 2 atom stereocenters. The lowest BCUT2D eigenvalue weighted by Gasteiger charge is -2.36. The lowest BCUT2D eigenvalue weighted by molar-refractivity contribution is -0.143. The molecule has 0 spiro atoms. The van der Waals surface area contributed by atoms with E-state index in [1.165, 1.54) is 25.7 Å². The summed E-state index contributed by atoms with van der Waals surface area (Å²) in [5.74, 6) is 1.66. The summed E-state index contributed by atoms with van der Waals surface area (Å²) in [5.41, 5.74) is 5.12. The Morgan fingerprint density at radius 1 is 0.917 bits per heavy atom. The predicted molar refractivity (Wildman–Crippen MR) is 87.6 cm³/mol. The second kappa shape index (κ2) is 6.05. The highest BCUT2D eigenvalue weighted by molar-refractivity contribution is 5.83. The molecule has 3 amide bonds. The fourth-order valence-corrected chi connectivity index (χ4v) is 4.69. The van der Waals surface area contributed by atoms with Crippen LogP contribution in [-0.2, 0) is 14.4 Å². The second-order valence-electron chi connectivity index (χ2n) is 8.10. The van der Waals surface area contributed by atoms with E-state index in [-0.39, 0.29) is 36.2 Å². The van der Waals surface area contributed by atoms with Crippen molar-refractivity contribution in [3.05, 3.63) is 0 Å². The Labute approximate surface area is 142 Å². The van der Waals surface area contributed by atoms with Gasteiger partial charge < -0.3 is 15.5 Å². The van der Waals surface area contributed by atoms with Gasteiger partial charge in [-0.2, -0.15) is 0 Å². The van der Waals surface area contributed by atoms with Crippen LogP contribution in [0.5, 0.6) is 0 Å². The van der Waals surface area contributed by atoms with E-state index in [1.807, 2.05) is 4.90 Å². The molecule has 2 saturated heterocycles. The van der Waals surface area contributed by atoms with E-state index in [2.05, 4.69) is 4.90 Å². The number of carbonyl (C=O) groups is 3. The van der Waals surface area contributed by atoms with Crippen LogP contribution in [0.25, 0.3) is 0 Å². The molecule has 132 valence electrons.